The third-order valence-electron chi connectivity index (χ3n) is 1.43. The van der Waals surface area contributed by atoms with Gasteiger partial charge < -0.3 is 0 Å². The summed E-state index contributed by atoms with van der Waals surface area (Å²) in [5.41, 5.74) is 0. The summed E-state index contributed by atoms with van der Waals surface area (Å²) < 4.78 is 0. The first kappa shape index (κ1) is 9.74. The molecule has 0 spiro atoms. The number of hydrogen-bond acceptors (Lipinski definition) is 0. The van der Waals surface area contributed by atoms with Gasteiger partial charge in [0.05, 0.1) is 0 Å². The summed E-state index contributed by atoms with van der Waals surface area (Å²) in [6, 6.07) is 0. The Hall–Kier alpha value is -0.260. The third kappa shape index (κ3) is 7.74. The fourth-order valence-corrected chi connectivity index (χ4v) is 0.798. The first-order valence-corrected chi connectivity index (χ1v) is 4.29. The molecule has 0 heterocycles. The lowest BCUT2D eigenvalue weighted by Crippen LogP contribution is -1.84. The molecule has 0 fully saturated rings. The minimum absolute atomic E-state index is 0.715. The van der Waals surface area contributed by atoms with Crippen molar-refractivity contribution in [2.75, 3.05) is 0 Å². The van der Waals surface area contributed by atoms with Gasteiger partial charge >= 0.3 is 0 Å². The van der Waals surface area contributed by atoms with Crippen molar-refractivity contribution in [1.29, 1.82) is 0 Å². The van der Waals surface area contributed by atoms with E-state index >= 15 is 0 Å². The van der Waals surface area contributed by atoms with Crippen LogP contribution in [0.4, 0.5) is 0 Å². The quantitative estimate of drug-likeness (QED) is 0.523. The Morgan fingerprint density at radius 1 is 1.10 bits per heavy atom. The SMILES string of the molecule is CC(C)C=CCCC(C)C. The number of allylic oxidation sites excluding steroid dienone is 2. The molecule has 0 aliphatic carbocycles. The van der Waals surface area contributed by atoms with Crippen LogP contribution < -0.4 is 0 Å². The van der Waals surface area contributed by atoms with Crippen LogP contribution in [0, 0.1) is 11.8 Å². The van der Waals surface area contributed by atoms with Gasteiger partial charge in [0.25, 0.3) is 0 Å². The van der Waals surface area contributed by atoms with E-state index in [4.69, 9.17) is 0 Å². The molecule has 0 saturated heterocycles. The maximum absolute atomic E-state index is 2.30. The summed E-state index contributed by atoms with van der Waals surface area (Å²) in [5, 5.41) is 0. The van der Waals surface area contributed by atoms with Gasteiger partial charge in [-0.15, -0.1) is 0 Å². The number of rotatable bonds is 4. The first-order valence-electron chi connectivity index (χ1n) is 4.29. The molecular formula is C10H20. The monoisotopic (exact) mass is 140 g/mol. The molecule has 0 unspecified atom stereocenters. The first-order chi connectivity index (χ1) is 4.63. The lowest BCUT2D eigenvalue weighted by molar-refractivity contribution is 0.593. The van der Waals surface area contributed by atoms with E-state index in [0.717, 1.165) is 5.92 Å². The van der Waals surface area contributed by atoms with Crippen LogP contribution in [0.25, 0.3) is 0 Å². The van der Waals surface area contributed by atoms with Gasteiger partial charge in [0, 0.05) is 0 Å². The minimum atomic E-state index is 0.715. The second-order valence-corrected chi connectivity index (χ2v) is 3.64. The lowest BCUT2D eigenvalue weighted by Gasteiger charge is -1.99. The predicted molar refractivity (Wildman–Crippen MR) is 48.1 cm³/mol. The fraction of sp³-hybridized carbons (Fsp3) is 0.800. The molecule has 0 heteroatoms. The van der Waals surface area contributed by atoms with E-state index in [1.54, 1.807) is 0 Å². The normalized spacial score (nSPS) is 12.2. The van der Waals surface area contributed by atoms with E-state index in [1.165, 1.54) is 12.8 Å². The van der Waals surface area contributed by atoms with Crippen LogP contribution in [0.2, 0.25) is 0 Å². The molecular weight excluding hydrogens is 120 g/mol. The molecule has 60 valence electrons. The molecule has 0 nitrogen and oxygen atoms in total. The lowest BCUT2D eigenvalue weighted by atomic mass is 10.1. The molecule has 0 radical (unpaired) electrons. The highest BCUT2D eigenvalue weighted by Gasteiger charge is 1.89. The summed E-state index contributed by atoms with van der Waals surface area (Å²) in [6.45, 7) is 8.96. The van der Waals surface area contributed by atoms with Crippen molar-refractivity contribution in [1.82, 2.24) is 0 Å². The minimum Gasteiger partial charge on any atom is -0.0883 e. The highest BCUT2D eigenvalue weighted by atomic mass is 14.0. The average Bonchev–Trinajstić information content (AvgIpc) is 1.79. The van der Waals surface area contributed by atoms with E-state index in [1.807, 2.05) is 0 Å². The van der Waals surface area contributed by atoms with Crippen molar-refractivity contribution in [3.63, 3.8) is 0 Å². The van der Waals surface area contributed by atoms with Gasteiger partial charge in [0.1, 0.15) is 0 Å². The standard InChI is InChI=1S/C10H20/c1-9(2)7-5-6-8-10(3)4/h5,7,9-10H,6,8H2,1-4H3. The van der Waals surface area contributed by atoms with Gasteiger partial charge in [-0.25, -0.2) is 0 Å². The van der Waals surface area contributed by atoms with Gasteiger partial charge in [-0.05, 0) is 24.7 Å². The van der Waals surface area contributed by atoms with Crippen molar-refractivity contribution in [3.05, 3.63) is 12.2 Å². The Kier molecular flexibility index (Phi) is 5.38. The Morgan fingerprint density at radius 3 is 2.10 bits per heavy atom. The largest absolute Gasteiger partial charge is 0.0883 e. The topological polar surface area (TPSA) is 0 Å². The van der Waals surface area contributed by atoms with E-state index in [9.17, 15) is 0 Å². The average molecular weight is 140 g/mol. The summed E-state index contributed by atoms with van der Waals surface area (Å²) in [7, 11) is 0. The second kappa shape index (κ2) is 5.52. The summed E-state index contributed by atoms with van der Waals surface area (Å²) in [4.78, 5) is 0. The van der Waals surface area contributed by atoms with Crippen molar-refractivity contribution < 1.29 is 0 Å². The van der Waals surface area contributed by atoms with Crippen molar-refractivity contribution in [2.24, 2.45) is 11.8 Å². The Labute approximate surface area is 65.3 Å². The summed E-state index contributed by atoms with van der Waals surface area (Å²) in [5.74, 6) is 1.56. The summed E-state index contributed by atoms with van der Waals surface area (Å²) in [6.07, 6.45) is 7.14. The molecule has 0 bridgehead atoms. The predicted octanol–water partition coefficient (Wildman–Crippen LogP) is 3.63. The zero-order valence-electron chi connectivity index (χ0n) is 7.72. The van der Waals surface area contributed by atoms with Crippen molar-refractivity contribution in [2.45, 2.75) is 40.5 Å². The molecule has 0 aliphatic heterocycles. The maximum Gasteiger partial charge on any atom is -0.0290 e. The highest BCUT2D eigenvalue weighted by molar-refractivity contribution is 4.84. The third-order valence-corrected chi connectivity index (χ3v) is 1.43. The van der Waals surface area contributed by atoms with E-state index in [2.05, 4.69) is 39.8 Å². The van der Waals surface area contributed by atoms with Crippen LogP contribution in [-0.2, 0) is 0 Å². The van der Waals surface area contributed by atoms with Crippen molar-refractivity contribution >= 4 is 0 Å². The van der Waals surface area contributed by atoms with Crippen molar-refractivity contribution in [3.8, 4) is 0 Å². The summed E-state index contributed by atoms with van der Waals surface area (Å²) >= 11 is 0. The molecule has 0 N–H and O–H groups in total. The molecule has 0 aromatic rings. The van der Waals surface area contributed by atoms with E-state index < -0.39 is 0 Å². The zero-order valence-corrected chi connectivity index (χ0v) is 7.72. The van der Waals surface area contributed by atoms with Gasteiger partial charge in [0.2, 0.25) is 0 Å². The molecule has 0 rings (SSSR count). The second-order valence-electron chi connectivity index (χ2n) is 3.64. The van der Waals surface area contributed by atoms with E-state index in [0.29, 0.717) is 5.92 Å². The Bertz CT molecular complexity index is 88.2. The molecule has 0 atom stereocenters. The molecule has 0 aromatic heterocycles. The molecule has 0 amide bonds. The molecule has 10 heavy (non-hydrogen) atoms. The molecule has 0 aliphatic rings. The van der Waals surface area contributed by atoms with Crippen LogP contribution in [0.3, 0.4) is 0 Å². The van der Waals surface area contributed by atoms with Gasteiger partial charge in [-0.3, -0.25) is 0 Å². The highest BCUT2D eigenvalue weighted by Crippen LogP contribution is 2.05. The van der Waals surface area contributed by atoms with E-state index in [-0.39, 0.29) is 0 Å². The molecule has 0 aromatic carbocycles. The fourth-order valence-electron chi connectivity index (χ4n) is 0.798. The Balaban J connectivity index is 3.19. The zero-order chi connectivity index (χ0) is 7.98. The van der Waals surface area contributed by atoms with Crippen LogP contribution >= 0.6 is 0 Å². The van der Waals surface area contributed by atoms with Crippen LogP contribution in [0.5, 0.6) is 0 Å². The number of hydrogen-bond donors (Lipinski definition) is 0. The Morgan fingerprint density at radius 2 is 1.70 bits per heavy atom. The van der Waals surface area contributed by atoms with Gasteiger partial charge in [0.15, 0.2) is 0 Å². The maximum atomic E-state index is 2.30. The smallest absolute Gasteiger partial charge is 0.0290 e. The van der Waals surface area contributed by atoms with Gasteiger partial charge in [-0.2, -0.15) is 0 Å². The van der Waals surface area contributed by atoms with Crippen LogP contribution in [-0.4, -0.2) is 0 Å². The van der Waals surface area contributed by atoms with Crippen LogP contribution in [0.15, 0.2) is 12.2 Å². The van der Waals surface area contributed by atoms with Gasteiger partial charge in [-0.1, -0.05) is 39.8 Å². The van der Waals surface area contributed by atoms with Crippen LogP contribution in [0.1, 0.15) is 40.5 Å². The molecule has 0 saturated carbocycles.